The van der Waals surface area contributed by atoms with E-state index in [4.69, 9.17) is 15.2 Å². The number of nitrogens with two attached hydrogens (primary N) is 1. The van der Waals surface area contributed by atoms with Crippen LogP contribution in [0.15, 0.2) is 109 Å². The van der Waals surface area contributed by atoms with Gasteiger partial charge in [0.05, 0.1) is 13.0 Å². The normalized spacial score (nSPS) is 12.5. The monoisotopic (exact) mass is 495 g/mol. The standard InChI is InChI=1S/C31H29NO5/c1-36-26-19-11-18-25(28(26)37-21-22-12-5-2-6-13-22)20-31(32,30(34)35)29(33)27(23-14-7-3-8-15-23)24-16-9-4-10-17-24/h2-19,27H,20-21,32H2,1H3,(H,34,35). The van der Waals surface area contributed by atoms with Crippen molar-refractivity contribution in [3.8, 4) is 11.5 Å². The van der Waals surface area contributed by atoms with Crippen LogP contribution in [0.1, 0.15) is 28.2 Å². The molecule has 0 saturated carbocycles. The molecule has 4 aromatic carbocycles. The predicted octanol–water partition coefficient (Wildman–Crippen LogP) is 5.00. The summed E-state index contributed by atoms with van der Waals surface area (Å²) in [6, 6.07) is 32.9. The topological polar surface area (TPSA) is 98.9 Å². The summed E-state index contributed by atoms with van der Waals surface area (Å²) < 4.78 is 11.6. The van der Waals surface area contributed by atoms with Gasteiger partial charge in [0.25, 0.3) is 0 Å². The molecule has 0 bridgehead atoms. The zero-order valence-electron chi connectivity index (χ0n) is 20.5. The number of carboxylic acids is 1. The molecule has 0 saturated heterocycles. The van der Waals surface area contributed by atoms with Crippen molar-refractivity contribution in [2.24, 2.45) is 5.73 Å². The highest BCUT2D eigenvalue weighted by molar-refractivity contribution is 6.11. The fraction of sp³-hybridized carbons (Fsp3) is 0.161. The maximum Gasteiger partial charge on any atom is 0.331 e. The highest BCUT2D eigenvalue weighted by Gasteiger charge is 2.47. The van der Waals surface area contributed by atoms with Crippen LogP contribution >= 0.6 is 0 Å². The molecule has 0 heterocycles. The van der Waals surface area contributed by atoms with Crippen LogP contribution in [-0.2, 0) is 22.6 Å². The van der Waals surface area contributed by atoms with Crippen molar-refractivity contribution in [3.63, 3.8) is 0 Å². The smallest absolute Gasteiger partial charge is 0.331 e. The number of aliphatic carboxylic acids is 1. The third kappa shape index (κ3) is 5.71. The van der Waals surface area contributed by atoms with Crippen molar-refractivity contribution in [2.75, 3.05) is 7.11 Å². The number of ketones is 1. The van der Waals surface area contributed by atoms with Gasteiger partial charge in [0, 0.05) is 12.0 Å². The van der Waals surface area contributed by atoms with Gasteiger partial charge in [0.2, 0.25) is 0 Å². The van der Waals surface area contributed by atoms with Crippen LogP contribution in [0.3, 0.4) is 0 Å². The number of carboxylic acid groups (broad SMARTS) is 1. The molecule has 0 fully saturated rings. The van der Waals surface area contributed by atoms with Crippen LogP contribution in [0.25, 0.3) is 0 Å². The molecule has 4 rings (SSSR count). The van der Waals surface area contributed by atoms with Gasteiger partial charge < -0.3 is 20.3 Å². The Morgan fingerprint density at radius 3 is 1.86 bits per heavy atom. The summed E-state index contributed by atoms with van der Waals surface area (Å²) in [6.45, 7) is 0.240. The molecule has 0 aliphatic carbocycles. The fourth-order valence-electron chi connectivity index (χ4n) is 4.37. The van der Waals surface area contributed by atoms with Gasteiger partial charge in [-0.15, -0.1) is 0 Å². The van der Waals surface area contributed by atoms with Crippen molar-refractivity contribution in [1.82, 2.24) is 0 Å². The number of hydrogen-bond acceptors (Lipinski definition) is 5. The molecule has 6 heteroatoms. The molecule has 0 aliphatic heterocycles. The molecular weight excluding hydrogens is 466 g/mol. The van der Waals surface area contributed by atoms with Crippen LogP contribution < -0.4 is 15.2 Å². The van der Waals surface area contributed by atoms with Crippen LogP contribution in [0.4, 0.5) is 0 Å². The lowest BCUT2D eigenvalue weighted by Gasteiger charge is -2.29. The summed E-state index contributed by atoms with van der Waals surface area (Å²) in [5.41, 5.74) is 7.02. The Hall–Kier alpha value is -4.42. The molecular formula is C31H29NO5. The first-order valence-corrected chi connectivity index (χ1v) is 11.9. The number of methoxy groups -OCH3 is 1. The zero-order chi connectivity index (χ0) is 26.3. The number of hydrogen-bond donors (Lipinski definition) is 2. The van der Waals surface area contributed by atoms with E-state index in [0.29, 0.717) is 28.2 Å². The Labute approximate surface area is 216 Å². The minimum absolute atomic E-state index is 0.240. The van der Waals surface area contributed by atoms with Gasteiger partial charge in [-0.1, -0.05) is 103 Å². The second-order valence-corrected chi connectivity index (χ2v) is 8.79. The van der Waals surface area contributed by atoms with Crippen molar-refractivity contribution >= 4 is 11.8 Å². The summed E-state index contributed by atoms with van der Waals surface area (Å²) in [4.78, 5) is 26.7. The molecule has 1 atom stereocenters. The molecule has 1 unspecified atom stereocenters. The van der Waals surface area contributed by atoms with Gasteiger partial charge in [-0.2, -0.15) is 0 Å². The molecule has 0 aliphatic rings. The van der Waals surface area contributed by atoms with Crippen LogP contribution in [0.2, 0.25) is 0 Å². The number of carbonyl (C=O) groups is 2. The first-order valence-electron chi connectivity index (χ1n) is 11.9. The van der Waals surface area contributed by atoms with E-state index >= 15 is 0 Å². The van der Waals surface area contributed by atoms with E-state index in [9.17, 15) is 14.7 Å². The lowest BCUT2D eigenvalue weighted by atomic mass is 9.76. The molecule has 0 radical (unpaired) electrons. The van der Waals surface area contributed by atoms with Crippen molar-refractivity contribution < 1.29 is 24.2 Å². The Bertz CT molecular complexity index is 1300. The first-order chi connectivity index (χ1) is 17.9. The largest absolute Gasteiger partial charge is 0.493 e. The SMILES string of the molecule is COc1cccc(CC(N)(C(=O)O)C(=O)C(c2ccccc2)c2ccccc2)c1OCc1ccccc1. The lowest BCUT2D eigenvalue weighted by Crippen LogP contribution is -2.58. The number of ether oxygens (including phenoxy) is 2. The van der Waals surface area contributed by atoms with E-state index < -0.39 is 23.2 Å². The third-order valence-electron chi connectivity index (χ3n) is 6.32. The number of rotatable bonds is 11. The number of Topliss-reactive ketones (excluding diaryl/α,β-unsaturated/α-hetero) is 1. The van der Waals surface area contributed by atoms with E-state index in [1.54, 1.807) is 42.5 Å². The first kappa shape index (κ1) is 25.7. The molecule has 3 N–H and O–H groups in total. The molecule has 6 nitrogen and oxygen atoms in total. The number of para-hydroxylation sites is 1. The van der Waals surface area contributed by atoms with Crippen LogP contribution in [0.5, 0.6) is 11.5 Å². The summed E-state index contributed by atoms with van der Waals surface area (Å²) in [5.74, 6) is -2.10. The minimum atomic E-state index is -2.23. The van der Waals surface area contributed by atoms with Gasteiger partial charge in [0.1, 0.15) is 6.61 Å². The summed E-state index contributed by atoms with van der Waals surface area (Å²) in [6.07, 6.45) is -0.279. The Morgan fingerprint density at radius 1 is 0.811 bits per heavy atom. The van der Waals surface area contributed by atoms with Gasteiger partial charge in [0.15, 0.2) is 22.8 Å². The molecule has 4 aromatic rings. The average Bonchev–Trinajstić information content (AvgIpc) is 2.94. The Kier molecular flexibility index (Phi) is 8.01. The van der Waals surface area contributed by atoms with Crippen molar-refractivity contribution in [2.45, 2.75) is 24.5 Å². The van der Waals surface area contributed by atoms with E-state index in [1.807, 2.05) is 66.7 Å². The molecule has 37 heavy (non-hydrogen) atoms. The highest BCUT2D eigenvalue weighted by atomic mass is 16.5. The second-order valence-electron chi connectivity index (χ2n) is 8.79. The highest BCUT2D eigenvalue weighted by Crippen LogP contribution is 2.36. The van der Waals surface area contributed by atoms with Gasteiger partial charge in [-0.25, -0.2) is 4.79 Å². The Balaban J connectivity index is 1.73. The lowest BCUT2D eigenvalue weighted by molar-refractivity contribution is -0.148. The van der Waals surface area contributed by atoms with E-state index in [2.05, 4.69) is 0 Å². The quantitative estimate of drug-likeness (QED) is 0.284. The van der Waals surface area contributed by atoms with Crippen molar-refractivity contribution in [3.05, 3.63) is 131 Å². The Morgan fingerprint density at radius 2 is 1.35 bits per heavy atom. The summed E-state index contributed by atoms with van der Waals surface area (Å²) >= 11 is 0. The number of benzene rings is 4. The summed E-state index contributed by atoms with van der Waals surface area (Å²) in [7, 11) is 1.51. The maximum atomic E-state index is 14.1. The van der Waals surface area contributed by atoms with Gasteiger partial charge in [-0.05, 0) is 22.8 Å². The van der Waals surface area contributed by atoms with Gasteiger partial charge in [-0.3, -0.25) is 4.79 Å². The third-order valence-corrected chi connectivity index (χ3v) is 6.32. The molecule has 0 spiro atoms. The van der Waals surface area contributed by atoms with E-state index in [1.165, 1.54) is 7.11 Å². The zero-order valence-corrected chi connectivity index (χ0v) is 20.5. The number of carbonyl (C=O) groups excluding carboxylic acids is 1. The second kappa shape index (κ2) is 11.5. The van der Waals surface area contributed by atoms with Crippen molar-refractivity contribution in [1.29, 1.82) is 0 Å². The minimum Gasteiger partial charge on any atom is -0.493 e. The maximum absolute atomic E-state index is 14.1. The van der Waals surface area contributed by atoms with Crippen LogP contribution in [-0.4, -0.2) is 29.5 Å². The van der Waals surface area contributed by atoms with E-state index in [0.717, 1.165) is 5.56 Å². The molecule has 0 aromatic heterocycles. The average molecular weight is 496 g/mol. The molecule has 0 amide bonds. The predicted molar refractivity (Wildman–Crippen MR) is 142 cm³/mol. The fourth-order valence-corrected chi connectivity index (χ4v) is 4.37. The van der Waals surface area contributed by atoms with E-state index in [-0.39, 0.29) is 13.0 Å². The summed E-state index contributed by atoms with van der Waals surface area (Å²) in [5, 5.41) is 10.3. The van der Waals surface area contributed by atoms with Crippen LogP contribution in [0, 0.1) is 0 Å². The molecule has 188 valence electrons. The van der Waals surface area contributed by atoms with Gasteiger partial charge >= 0.3 is 5.97 Å².